The second kappa shape index (κ2) is 8.28. The first-order valence-electron chi connectivity index (χ1n) is 9.55. The summed E-state index contributed by atoms with van der Waals surface area (Å²) in [4.78, 5) is 16.6. The van der Waals surface area contributed by atoms with Crippen molar-refractivity contribution >= 4 is 44.9 Å². The Kier molecular flexibility index (Phi) is 5.71. The van der Waals surface area contributed by atoms with Crippen LogP contribution in [0.2, 0.25) is 0 Å². The summed E-state index contributed by atoms with van der Waals surface area (Å²) in [7, 11) is 3.51. The van der Waals surface area contributed by atoms with E-state index in [0.717, 1.165) is 21.4 Å². The lowest BCUT2D eigenvalue weighted by atomic mass is 9.94. The molecule has 0 aliphatic carbocycles. The number of fused-ring (bicyclic) bond motifs is 1. The van der Waals surface area contributed by atoms with Crippen LogP contribution in [0.25, 0.3) is 0 Å². The molecule has 1 amide bonds. The number of hydrogen-bond acceptors (Lipinski definition) is 4. The lowest BCUT2D eigenvalue weighted by Crippen LogP contribution is -2.49. The quantitative estimate of drug-likeness (QED) is 0.659. The molecule has 0 bridgehead atoms. The van der Waals surface area contributed by atoms with Crippen molar-refractivity contribution in [2.24, 2.45) is 0 Å². The third-order valence-corrected chi connectivity index (χ3v) is 5.94. The van der Waals surface area contributed by atoms with Crippen LogP contribution < -0.4 is 19.7 Å². The molecule has 1 unspecified atom stereocenters. The Morgan fingerprint density at radius 3 is 2.47 bits per heavy atom. The number of likely N-dealkylation sites (N-methyl/N-ethyl adjacent to an activating group) is 1. The zero-order valence-corrected chi connectivity index (χ0v) is 19.3. The van der Waals surface area contributed by atoms with Crippen molar-refractivity contribution in [1.29, 1.82) is 0 Å². The highest BCUT2D eigenvalue weighted by Crippen LogP contribution is 2.39. The normalized spacial score (nSPS) is 18.2. The van der Waals surface area contributed by atoms with Crippen LogP contribution in [0.15, 0.2) is 58.2 Å². The van der Waals surface area contributed by atoms with Gasteiger partial charge < -0.3 is 19.7 Å². The van der Waals surface area contributed by atoms with Gasteiger partial charge in [-0.3, -0.25) is 9.69 Å². The molecule has 0 saturated heterocycles. The lowest BCUT2D eigenvalue weighted by Gasteiger charge is -2.38. The van der Waals surface area contributed by atoms with Gasteiger partial charge in [0.25, 0.3) is 5.91 Å². The average Bonchev–Trinajstić information content (AvgIpc) is 2.73. The first kappa shape index (κ1) is 20.7. The van der Waals surface area contributed by atoms with Crippen LogP contribution in [0.4, 0.5) is 5.69 Å². The topological polar surface area (TPSA) is 54.0 Å². The van der Waals surface area contributed by atoms with E-state index < -0.39 is 0 Å². The molecule has 4 rings (SSSR count). The van der Waals surface area contributed by atoms with Gasteiger partial charge in [0, 0.05) is 30.3 Å². The van der Waals surface area contributed by atoms with Crippen LogP contribution in [0.1, 0.15) is 18.5 Å². The van der Waals surface area contributed by atoms with Crippen LogP contribution in [0, 0.1) is 0 Å². The number of carbonyl (C=O) groups excluding carboxylic acids is 1. The van der Waals surface area contributed by atoms with Gasteiger partial charge in [-0.1, -0.05) is 28.1 Å². The van der Waals surface area contributed by atoms with Gasteiger partial charge in [-0.05, 0) is 49.0 Å². The molecule has 156 valence electrons. The van der Waals surface area contributed by atoms with Crippen molar-refractivity contribution in [3.8, 4) is 11.5 Å². The average molecular weight is 488 g/mol. The summed E-state index contributed by atoms with van der Waals surface area (Å²) < 4.78 is 12.3. The van der Waals surface area contributed by atoms with Crippen molar-refractivity contribution in [2.75, 3.05) is 32.2 Å². The Bertz CT molecular complexity index is 1040. The molecule has 8 heteroatoms. The van der Waals surface area contributed by atoms with Crippen LogP contribution in [-0.2, 0) is 4.79 Å². The number of allylic oxidation sites excluding steroid dienone is 1. The Balaban J connectivity index is 1.81. The van der Waals surface area contributed by atoms with E-state index in [1.54, 1.807) is 19.0 Å². The maximum absolute atomic E-state index is 13.2. The number of rotatable bonds is 3. The van der Waals surface area contributed by atoms with Gasteiger partial charge >= 0.3 is 0 Å². The van der Waals surface area contributed by atoms with Crippen molar-refractivity contribution < 1.29 is 14.3 Å². The molecule has 2 aromatic carbocycles. The van der Waals surface area contributed by atoms with Crippen molar-refractivity contribution in [2.45, 2.75) is 13.0 Å². The number of hydrogen-bond donors (Lipinski definition) is 1. The molecule has 2 aliphatic heterocycles. The maximum Gasteiger partial charge on any atom is 0.253 e. The van der Waals surface area contributed by atoms with Gasteiger partial charge in [0.05, 0.1) is 17.3 Å². The lowest BCUT2D eigenvalue weighted by molar-refractivity contribution is -0.125. The molecule has 0 spiro atoms. The second-order valence-corrected chi connectivity index (χ2v) is 8.60. The third-order valence-electron chi connectivity index (χ3n) is 5.11. The molecule has 0 radical (unpaired) electrons. The Hall–Kier alpha value is -2.58. The van der Waals surface area contributed by atoms with Crippen molar-refractivity contribution in [3.05, 3.63) is 63.8 Å². The Morgan fingerprint density at radius 1 is 1.13 bits per heavy atom. The molecule has 0 fully saturated rings. The molecule has 0 saturated carbocycles. The first-order chi connectivity index (χ1) is 14.4. The standard InChI is InChI=1S/C22H22BrN3O3S/c1-13-19(21(27)25(2)3)20(14-4-6-15(23)7-5-14)24-22(30)26(13)16-8-9-17-18(12-16)29-11-10-28-17/h4-9,12,20H,10-11H2,1-3H3,(H,24,30). The van der Waals surface area contributed by atoms with Gasteiger partial charge in [-0.25, -0.2) is 0 Å². The zero-order chi connectivity index (χ0) is 21.4. The van der Waals surface area contributed by atoms with Crippen LogP contribution in [-0.4, -0.2) is 43.2 Å². The molecule has 1 N–H and O–H groups in total. The Labute approximate surface area is 189 Å². The zero-order valence-electron chi connectivity index (χ0n) is 16.9. The fourth-order valence-corrected chi connectivity index (χ4v) is 4.27. The summed E-state index contributed by atoms with van der Waals surface area (Å²) in [6.45, 7) is 2.96. The van der Waals surface area contributed by atoms with E-state index in [0.29, 0.717) is 35.4 Å². The van der Waals surface area contributed by atoms with E-state index in [1.807, 2.05) is 54.3 Å². The Morgan fingerprint density at radius 2 is 1.80 bits per heavy atom. The number of ether oxygens (including phenoxy) is 2. The summed E-state index contributed by atoms with van der Waals surface area (Å²) in [5, 5.41) is 3.88. The predicted octanol–water partition coefficient (Wildman–Crippen LogP) is 4.02. The highest BCUT2D eigenvalue weighted by atomic mass is 79.9. The number of halogens is 1. The highest BCUT2D eigenvalue weighted by molar-refractivity contribution is 9.10. The minimum Gasteiger partial charge on any atom is -0.486 e. The fourth-order valence-electron chi connectivity index (χ4n) is 3.65. The summed E-state index contributed by atoms with van der Waals surface area (Å²) in [6, 6.07) is 13.2. The first-order valence-corrected chi connectivity index (χ1v) is 10.7. The number of benzene rings is 2. The van der Waals surface area contributed by atoms with E-state index in [-0.39, 0.29) is 11.9 Å². The number of anilines is 1. The molecule has 30 heavy (non-hydrogen) atoms. The molecule has 6 nitrogen and oxygen atoms in total. The molecule has 2 heterocycles. The summed E-state index contributed by atoms with van der Waals surface area (Å²) in [5.74, 6) is 1.31. The number of nitrogens with zero attached hydrogens (tertiary/aromatic N) is 2. The van der Waals surface area contributed by atoms with E-state index in [1.165, 1.54) is 0 Å². The maximum atomic E-state index is 13.2. The second-order valence-electron chi connectivity index (χ2n) is 7.30. The summed E-state index contributed by atoms with van der Waals surface area (Å²) in [5.41, 5.74) is 3.20. The van der Waals surface area contributed by atoms with Crippen LogP contribution in [0.5, 0.6) is 11.5 Å². The summed E-state index contributed by atoms with van der Waals surface area (Å²) in [6.07, 6.45) is 0. The van der Waals surface area contributed by atoms with Gasteiger partial charge in [0.1, 0.15) is 13.2 Å². The minimum absolute atomic E-state index is 0.0713. The SMILES string of the molecule is CC1=C(C(=O)N(C)C)C(c2ccc(Br)cc2)NC(=S)N1c1ccc2c(c1)OCCO2. The number of carbonyl (C=O) groups is 1. The van der Waals surface area contributed by atoms with Gasteiger partial charge in [0.2, 0.25) is 0 Å². The number of thiocarbonyl (C=S) groups is 1. The van der Waals surface area contributed by atoms with Crippen molar-refractivity contribution in [1.82, 2.24) is 10.2 Å². The smallest absolute Gasteiger partial charge is 0.253 e. The van der Waals surface area contributed by atoms with Crippen LogP contribution in [0.3, 0.4) is 0 Å². The molecule has 1 atom stereocenters. The monoisotopic (exact) mass is 487 g/mol. The molecule has 0 aromatic heterocycles. The van der Waals surface area contributed by atoms with E-state index in [9.17, 15) is 4.79 Å². The van der Waals surface area contributed by atoms with Gasteiger partial charge in [-0.2, -0.15) is 0 Å². The fraction of sp³-hybridized carbons (Fsp3) is 0.273. The molecular formula is C22H22BrN3O3S. The molecule has 2 aliphatic rings. The van der Waals surface area contributed by atoms with Gasteiger partial charge in [0.15, 0.2) is 16.6 Å². The highest BCUT2D eigenvalue weighted by Gasteiger charge is 2.35. The van der Waals surface area contributed by atoms with Crippen molar-refractivity contribution in [3.63, 3.8) is 0 Å². The minimum atomic E-state index is -0.339. The number of amides is 1. The van der Waals surface area contributed by atoms with E-state index in [2.05, 4.69) is 21.2 Å². The molecular weight excluding hydrogens is 466 g/mol. The largest absolute Gasteiger partial charge is 0.486 e. The predicted molar refractivity (Wildman–Crippen MR) is 124 cm³/mol. The van der Waals surface area contributed by atoms with Crippen LogP contribution >= 0.6 is 28.1 Å². The summed E-state index contributed by atoms with van der Waals surface area (Å²) >= 11 is 9.19. The van der Waals surface area contributed by atoms with E-state index in [4.69, 9.17) is 21.7 Å². The molecule has 2 aromatic rings. The number of nitrogens with one attached hydrogen (secondary N) is 1. The van der Waals surface area contributed by atoms with Gasteiger partial charge in [-0.15, -0.1) is 0 Å². The van der Waals surface area contributed by atoms with E-state index >= 15 is 0 Å². The third kappa shape index (κ3) is 3.77.